The molecule has 6 nitrogen and oxygen atoms in total. The van der Waals surface area contributed by atoms with Crippen molar-refractivity contribution < 1.29 is 14.4 Å². The summed E-state index contributed by atoms with van der Waals surface area (Å²) in [4.78, 5) is 41.1. The van der Waals surface area contributed by atoms with Crippen LogP contribution in [-0.2, 0) is 15.1 Å². The Labute approximate surface area is 176 Å². The molecule has 2 aliphatic rings. The molecule has 1 N–H and O–H groups in total. The lowest BCUT2D eigenvalue weighted by atomic mass is 9.91. The van der Waals surface area contributed by atoms with Gasteiger partial charge in [-0.05, 0) is 37.0 Å². The number of imide groups is 1. The summed E-state index contributed by atoms with van der Waals surface area (Å²) in [6.07, 6.45) is 2.79. The highest BCUT2D eigenvalue weighted by atomic mass is 16.2. The van der Waals surface area contributed by atoms with Crippen molar-refractivity contribution in [2.75, 3.05) is 19.6 Å². The van der Waals surface area contributed by atoms with Crippen LogP contribution < -0.4 is 5.32 Å². The number of carbonyl (C=O) groups is 3. The van der Waals surface area contributed by atoms with Gasteiger partial charge in [0.2, 0.25) is 5.91 Å². The molecule has 154 valence electrons. The van der Waals surface area contributed by atoms with E-state index in [-0.39, 0.29) is 12.5 Å². The molecule has 1 fully saturated rings. The van der Waals surface area contributed by atoms with E-state index in [1.165, 1.54) is 5.57 Å². The van der Waals surface area contributed by atoms with Gasteiger partial charge in [-0.25, -0.2) is 4.79 Å². The van der Waals surface area contributed by atoms with E-state index in [0.717, 1.165) is 22.4 Å². The van der Waals surface area contributed by atoms with Crippen molar-refractivity contribution in [3.63, 3.8) is 0 Å². The average molecular weight is 403 g/mol. The van der Waals surface area contributed by atoms with Gasteiger partial charge >= 0.3 is 6.03 Å². The van der Waals surface area contributed by atoms with Gasteiger partial charge in [0.15, 0.2) is 0 Å². The molecule has 0 bridgehead atoms. The fourth-order valence-electron chi connectivity index (χ4n) is 3.97. The number of rotatable bonds is 4. The zero-order valence-electron chi connectivity index (χ0n) is 17.2. The molecule has 0 aromatic heterocycles. The highest BCUT2D eigenvalue weighted by Crippen LogP contribution is 2.29. The first kappa shape index (κ1) is 19.9. The fraction of sp³-hybridized carbons (Fsp3) is 0.292. The zero-order valence-corrected chi connectivity index (χ0v) is 17.2. The summed E-state index contributed by atoms with van der Waals surface area (Å²) in [6, 6.07) is 17.0. The molecule has 2 aliphatic heterocycles. The average Bonchev–Trinajstić information content (AvgIpc) is 2.98. The minimum atomic E-state index is -1.16. The summed E-state index contributed by atoms with van der Waals surface area (Å²) in [5.41, 5.74) is 2.98. The second kappa shape index (κ2) is 7.78. The predicted molar refractivity (Wildman–Crippen MR) is 114 cm³/mol. The van der Waals surface area contributed by atoms with Gasteiger partial charge < -0.3 is 10.2 Å². The number of urea groups is 1. The maximum Gasteiger partial charge on any atom is 0.325 e. The summed E-state index contributed by atoms with van der Waals surface area (Å²) < 4.78 is 0. The Hall–Kier alpha value is -3.41. The molecular formula is C24H25N3O3. The smallest absolute Gasteiger partial charge is 0.325 e. The van der Waals surface area contributed by atoms with Crippen LogP contribution in [0.2, 0.25) is 0 Å². The molecule has 30 heavy (non-hydrogen) atoms. The molecule has 2 aromatic carbocycles. The second-order valence-corrected chi connectivity index (χ2v) is 8.00. The number of nitrogens with one attached hydrogen (secondary N) is 1. The molecule has 4 rings (SSSR count). The van der Waals surface area contributed by atoms with E-state index >= 15 is 0 Å². The molecule has 1 unspecified atom stereocenters. The first-order valence-corrected chi connectivity index (χ1v) is 10.1. The van der Waals surface area contributed by atoms with Crippen LogP contribution in [-0.4, -0.2) is 47.3 Å². The second-order valence-electron chi connectivity index (χ2n) is 8.00. The van der Waals surface area contributed by atoms with Crippen molar-refractivity contribution in [1.29, 1.82) is 0 Å². The van der Waals surface area contributed by atoms with Gasteiger partial charge in [-0.1, -0.05) is 66.2 Å². The molecule has 1 saturated heterocycles. The third-order valence-corrected chi connectivity index (χ3v) is 5.90. The Kier molecular flexibility index (Phi) is 5.16. The SMILES string of the molecule is Cc1ccc(C2(C)NC(=O)N(CC(=O)N3CC=C(c4ccccc4)CC3)C2=O)cc1. The van der Waals surface area contributed by atoms with Crippen LogP contribution in [0, 0.1) is 6.92 Å². The monoisotopic (exact) mass is 403 g/mol. The van der Waals surface area contributed by atoms with Crippen LogP contribution in [0.1, 0.15) is 30.0 Å². The van der Waals surface area contributed by atoms with Gasteiger partial charge in [0.1, 0.15) is 12.1 Å². The van der Waals surface area contributed by atoms with E-state index < -0.39 is 17.5 Å². The molecule has 4 amide bonds. The molecule has 6 heteroatoms. The lowest BCUT2D eigenvalue weighted by Gasteiger charge is -2.28. The van der Waals surface area contributed by atoms with E-state index in [4.69, 9.17) is 0 Å². The number of carbonyl (C=O) groups excluding carboxylic acids is 3. The van der Waals surface area contributed by atoms with Crippen molar-refractivity contribution in [3.05, 3.63) is 77.4 Å². The molecule has 1 atom stereocenters. The lowest BCUT2D eigenvalue weighted by molar-refractivity contribution is -0.138. The van der Waals surface area contributed by atoms with E-state index in [1.54, 1.807) is 11.8 Å². The number of benzene rings is 2. The largest absolute Gasteiger partial charge is 0.337 e. The number of hydrogen-bond acceptors (Lipinski definition) is 3. The van der Waals surface area contributed by atoms with Crippen molar-refractivity contribution in [3.8, 4) is 0 Å². The zero-order chi connectivity index (χ0) is 21.3. The predicted octanol–water partition coefficient (Wildman–Crippen LogP) is 3.08. The van der Waals surface area contributed by atoms with Crippen molar-refractivity contribution in [2.24, 2.45) is 0 Å². The summed E-state index contributed by atoms with van der Waals surface area (Å²) in [5, 5.41) is 2.76. The third-order valence-electron chi connectivity index (χ3n) is 5.90. The Morgan fingerprint density at radius 3 is 2.40 bits per heavy atom. The molecule has 0 aliphatic carbocycles. The first-order valence-electron chi connectivity index (χ1n) is 10.1. The quantitative estimate of drug-likeness (QED) is 0.798. The van der Waals surface area contributed by atoms with E-state index in [2.05, 4.69) is 17.4 Å². The highest BCUT2D eigenvalue weighted by molar-refractivity contribution is 6.09. The number of amides is 4. The van der Waals surface area contributed by atoms with Crippen LogP contribution in [0.15, 0.2) is 60.7 Å². The maximum absolute atomic E-state index is 13.0. The van der Waals surface area contributed by atoms with Gasteiger partial charge in [0, 0.05) is 13.1 Å². The first-order chi connectivity index (χ1) is 14.4. The Morgan fingerprint density at radius 1 is 1.07 bits per heavy atom. The summed E-state index contributed by atoms with van der Waals surface area (Å²) in [5.74, 6) is -0.628. The van der Waals surface area contributed by atoms with Crippen molar-refractivity contribution >= 4 is 23.4 Å². The normalized spacial score (nSPS) is 21.5. The van der Waals surface area contributed by atoms with Gasteiger partial charge in [-0.15, -0.1) is 0 Å². The van der Waals surface area contributed by atoms with Gasteiger partial charge in [-0.3, -0.25) is 14.5 Å². The molecule has 0 saturated carbocycles. The van der Waals surface area contributed by atoms with Gasteiger partial charge in [0.25, 0.3) is 5.91 Å². The van der Waals surface area contributed by atoms with Gasteiger partial charge in [0.05, 0.1) is 0 Å². The fourth-order valence-corrected chi connectivity index (χ4v) is 3.97. The van der Waals surface area contributed by atoms with Crippen LogP contribution in [0.3, 0.4) is 0 Å². The Morgan fingerprint density at radius 2 is 1.77 bits per heavy atom. The summed E-state index contributed by atoms with van der Waals surface area (Å²) in [7, 11) is 0. The number of aryl methyl sites for hydroxylation is 1. The Balaban J connectivity index is 1.44. The molecule has 2 aromatic rings. The maximum atomic E-state index is 13.0. The summed E-state index contributed by atoms with van der Waals surface area (Å²) in [6.45, 7) is 4.43. The highest BCUT2D eigenvalue weighted by Gasteiger charge is 2.49. The van der Waals surface area contributed by atoms with Crippen LogP contribution in [0.25, 0.3) is 5.57 Å². The molecular weight excluding hydrogens is 378 g/mol. The van der Waals surface area contributed by atoms with E-state index in [0.29, 0.717) is 18.7 Å². The van der Waals surface area contributed by atoms with Crippen LogP contribution in [0.5, 0.6) is 0 Å². The minimum Gasteiger partial charge on any atom is -0.337 e. The number of hydrogen-bond donors (Lipinski definition) is 1. The minimum absolute atomic E-state index is 0.227. The topological polar surface area (TPSA) is 69.7 Å². The third kappa shape index (κ3) is 3.61. The van der Waals surface area contributed by atoms with Crippen LogP contribution >= 0.6 is 0 Å². The summed E-state index contributed by atoms with van der Waals surface area (Å²) >= 11 is 0. The van der Waals surface area contributed by atoms with E-state index in [1.807, 2.05) is 55.5 Å². The lowest BCUT2D eigenvalue weighted by Crippen LogP contribution is -2.45. The van der Waals surface area contributed by atoms with Crippen molar-refractivity contribution in [1.82, 2.24) is 15.1 Å². The molecule has 2 heterocycles. The molecule has 0 radical (unpaired) electrons. The Bertz CT molecular complexity index is 1010. The standard InChI is InChI=1S/C24H25N3O3/c1-17-8-10-20(11-9-17)24(2)22(29)27(23(30)25-24)16-21(28)26-14-12-19(13-15-26)18-6-4-3-5-7-18/h3-12H,13-16H2,1-2H3,(H,25,30). The van der Waals surface area contributed by atoms with Crippen LogP contribution in [0.4, 0.5) is 4.79 Å². The molecule has 0 spiro atoms. The van der Waals surface area contributed by atoms with E-state index in [9.17, 15) is 14.4 Å². The van der Waals surface area contributed by atoms with Gasteiger partial charge in [-0.2, -0.15) is 0 Å². The number of nitrogens with zero attached hydrogens (tertiary/aromatic N) is 2. The van der Waals surface area contributed by atoms with Crippen molar-refractivity contribution in [2.45, 2.75) is 25.8 Å².